The first kappa shape index (κ1) is 10.6. The molecule has 0 saturated heterocycles. The van der Waals surface area contributed by atoms with Gasteiger partial charge in [-0.2, -0.15) is 0 Å². The maximum Gasteiger partial charge on any atom is 0.0600 e. The second-order valence-electron chi connectivity index (χ2n) is 3.81. The topological polar surface area (TPSA) is 40.5 Å². The van der Waals surface area contributed by atoms with Crippen molar-refractivity contribution in [1.29, 1.82) is 0 Å². The van der Waals surface area contributed by atoms with Crippen molar-refractivity contribution in [1.82, 2.24) is 0 Å². The number of hydrogen-bond donors (Lipinski definition) is 2. The number of aliphatic hydroxyl groups excluding tert-OH is 2. The van der Waals surface area contributed by atoms with Gasteiger partial charge in [0.1, 0.15) is 0 Å². The molecule has 0 aromatic carbocycles. The molecule has 2 atom stereocenters. The van der Waals surface area contributed by atoms with Gasteiger partial charge in [0.05, 0.1) is 12.0 Å². The Morgan fingerprint density at radius 3 is 2.69 bits per heavy atom. The summed E-state index contributed by atoms with van der Waals surface area (Å²) >= 11 is 0. The van der Waals surface area contributed by atoms with Crippen molar-refractivity contribution >= 4 is 0 Å². The van der Waals surface area contributed by atoms with E-state index < -0.39 is 0 Å². The predicted octanol–water partition coefficient (Wildman–Crippen LogP) is 1.17. The molecule has 0 radical (unpaired) electrons. The van der Waals surface area contributed by atoms with Gasteiger partial charge in [0.2, 0.25) is 0 Å². The van der Waals surface area contributed by atoms with Crippen molar-refractivity contribution in [2.24, 2.45) is 11.3 Å². The minimum Gasteiger partial charge on any atom is -0.396 e. The molecule has 0 amide bonds. The van der Waals surface area contributed by atoms with E-state index in [1.807, 2.05) is 0 Å². The highest BCUT2D eigenvalue weighted by Gasteiger charge is 2.38. The van der Waals surface area contributed by atoms with Crippen LogP contribution in [0.25, 0.3) is 0 Å². The van der Waals surface area contributed by atoms with Gasteiger partial charge >= 0.3 is 0 Å². The van der Waals surface area contributed by atoms with Crippen LogP contribution in [0.1, 0.15) is 32.6 Å². The maximum atomic E-state index is 9.36. The Hall–Kier alpha value is -0.520. The first-order valence-corrected chi connectivity index (χ1v) is 4.94. The second kappa shape index (κ2) is 4.64. The van der Waals surface area contributed by atoms with E-state index in [0.29, 0.717) is 0 Å². The highest BCUT2D eigenvalue weighted by molar-refractivity contribution is 5.14. The van der Waals surface area contributed by atoms with Crippen LogP contribution in [0.15, 0.2) is 0 Å². The molecule has 2 N–H and O–H groups in total. The van der Waals surface area contributed by atoms with Gasteiger partial charge in [-0.15, -0.1) is 5.92 Å². The number of aliphatic hydroxyl groups is 2. The summed E-state index contributed by atoms with van der Waals surface area (Å²) in [7, 11) is 0. The molecule has 0 aliphatic heterocycles. The minimum absolute atomic E-state index is 0.0824. The van der Waals surface area contributed by atoms with Crippen LogP contribution >= 0.6 is 0 Å². The molecule has 0 heterocycles. The predicted molar refractivity (Wildman–Crippen MR) is 52.0 cm³/mol. The fourth-order valence-corrected chi connectivity index (χ4v) is 2.24. The Labute approximate surface area is 80.0 Å². The Morgan fingerprint density at radius 2 is 2.15 bits per heavy atom. The van der Waals surface area contributed by atoms with Gasteiger partial charge in [0.25, 0.3) is 0 Å². The van der Waals surface area contributed by atoms with E-state index in [1.54, 1.807) is 6.92 Å². The quantitative estimate of drug-likeness (QED) is 0.629. The molecule has 0 spiro atoms. The van der Waals surface area contributed by atoms with E-state index in [1.165, 1.54) is 0 Å². The van der Waals surface area contributed by atoms with Gasteiger partial charge in [-0.3, -0.25) is 0 Å². The van der Waals surface area contributed by atoms with Gasteiger partial charge in [0, 0.05) is 12.5 Å². The number of hydrogen-bond acceptors (Lipinski definition) is 2. The molecule has 1 aliphatic carbocycles. The zero-order chi connectivity index (χ0) is 9.73. The molecule has 0 aromatic heterocycles. The molecule has 74 valence electrons. The lowest BCUT2D eigenvalue weighted by atomic mass is 9.67. The summed E-state index contributed by atoms with van der Waals surface area (Å²) in [6.45, 7) is 2.02. The summed E-state index contributed by atoms with van der Waals surface area (Å²) in [6, 6.07) is 0. The third-order valence-corrected chi connectivity index (χ3v) is 3.08. The average molecular weight is 182 g/mol. The molecule has 1 rings (SSSR count). The largest absolute Gasteiger partial charge is 0.396 e. The summed E-state index contributed by atoms with van der Waals surface area (Å²) in [6.07, 6.45) is 4.19. The van der Waals surface area contributed by atoms with E-state index in [-0.39, 0.29) is 24.5 Å². The van der Waals surface area contributed by atoms with Gasteiger partial charge in [0.15, 0.2) is 0 Å². The minimum atomic E-state index is -0.318. The number of rotatable bonds is 2. The van der Waals surface area contributed by atoms with E-state index in [9.17, 15) is 10.2 Å². The van der Waals surface area contributed by atoms with Crippen LogP contribution in [0.5, 0.6) is 0 Å². The third kappa shape index (κ3) is 2.04. The SMILES string of the molecule is CC#C[C@]1(CO)CCCC[C@@H]1CO. The molecular weight excluding hydrogens is 164 g/mol. The second-order valence-corrected chi connectivity index (χ2v) is 3.81. The highest BCUT2D eigenvalue weighted by atomic mass is 16.3. The summed E-state index contributed by atoms with van der Waals surface area (Å²) in [5.74, 6) is 6.13. The van der Waals surface area contributed by atoms with Gasteiger partial charge in [-0.25, -0.2) is 0 Å². The molecule has 2 heteroatoms. The highest BCUT2D eigenvalue weighted by Crippen LogP contribution is 2.40. The monoisotopic (exact) mass is 182 g/mol. The van der Waals surface area contributed by atoms with Crippen LogP contribution in [0.4, 0.5) is 0 Å². The molecule has 1 saturated carbocycles. The van der Waals surface area contributed by atoms with Gasteiger partial charge < -0.3 is 10.2 Å². The van der Waals surface area contributed by atoms with Gasteiger partial charge in [-0.05, 0) is 19.8 Å². The molecular formula is C11H18O2. The van der Waals surface area contributed by atoms with Crippen LogP contribution in [0.2, 0.25) is 0 Å². The smallest absolute Gasteiger partial charge is 0.0600 e. The van der Waals surface area contributed by atoms with Crippen molar-refractivity contribution in [3.8, 4) is 11.8 Å². The van der Waals surface area contributed by atoms with Crippen LogP contribution in [-0.2, 0) is 0 Å². The first-order valence-electron chi connectivity index (χ1n) is 4.94. The zero-order valence-electron chi connectivity index (χ0n) is 8.21. The molecule has 0 unspecified atom stereocenters. The Kier molecular flexibility index (Phi) is 3.77. The lowest BCUT2D eigenvalue weighted by Crippen LogP contribution is -2.38. The fourth-order valence-electron chi connectivity index (χ4n) is 2.24. The zero-order valence-corrected chi connectivity index (χ0v) is 8.21. The summed E-state index contributed by atoms with van der Waals surface area (Å²) in [5, 5.41) is 18.6. The van der Waals surface area contributed by atoms with Crippen LogP contribution in [0, 0.1) is 23.2 Å². The van der Waals surface area contributed by atoms with Crippen LogP contribution in [0.3, 0.4) is 0 Å². The molecule has 13 heavy (non-hydrogen) atoms. The van der Waals surface area contributed by atoms with E-state index in [2.05, 4.69) is 11.8 Å². The molecule has 1 aliphatic rings. The van der Waals surface area contributed by atoms with Crippen molar-refractivity contribution in [2.75, 3.05) is 13.2 Å². The third-order valence-electron chi connectivity index (χ3n) is 3.08. The van der Waals surface area contributed by atoms with Crippen molar-refractivity contribution in [2.45, 2.75) is 32.6 Å². The summed E-state index contributed by atoms with van der Waals surface area (Å²) in [5.41, 5.74) is -0.318. The molecule has 1 fully saturated rings. The van der Waals surface area contributed by atoms with E-state index >= 15 is 0 Å². The first-order chi connectivity index (χ1) is 6.29. The fraction of sp³-hybridized carbons (Fsp3) is 0.818. The van der Waals surface area contributed by atoms with E-state index in [0.717, 1.165) is 25.7 Å². The van der Waals surface area contributed by atoms with Crippen LogP contribution in [-0.4, -0.2) is 23.4 Å². The Bertz CT molecular complexity index is 214. The average Bonchev–Trinajstić information content (AvgIpc) is 2.19. The Balaban J connectivity index is 2.82. The lowest BCUT2D eigenvalue weighted by Gasteiger charge is -2.38. The Morgan fingerprint density at radius 1 is 1.38 bits per heavy atom. The standard InChI is InChI=1S/C11H18O2/c1-2-6-11(9-13)7-4-3-5-10(11)8-12/h10,12-13H,3-5,7-9H2,1H3/t10-,11-/m1/s1. The van der Waals surface area contributed by atoms with Gasteiger partial charge in [-0.1, -0.05) is 18.8 Å². The van der Waals surface area contributed by atoms with Crippen molar-refractivity contribution < 1.29 is 10.2 Å². The van der Waals surface area contributed by atoms with E-state index in [4.69, 9.17) is 0 Å². The normalized spacial score (nSPS) is 33.6. The maximum absolute atomic E-state index is 9.36. The molecule has 0 bridgehead atoms. The summed E-state index contributed by atoms with van der Waals surface area (Å²) in [4.78, 5) is 0. The molecule has 0 aromatic rings. The van der Waals surface area contributed by atoms with Crippen molar-refractivity contribution in [3.05, 3.63) is 0 Å². The molecule has 2 nitrogen and oxygen atoms in total. The van der Waals surface area contributed by atoms with Crippen LogP contribution < -0.4 is 0 Å². The van der Waals surface area contributed by atoms with Crippen molar-refractivity contribution in [3.63, 3.8) is 0 Å². The summed E-state index contributed by atoms with van der Waals surface area (Å²) < 4.78 is 0. The lowest BCUT2D eigenvalue weighted by molar-refractivity contribution is 0.0387.